The van der Waals surface area contributed by atoms with E-state index in [0.717, 1.165) is 45.2 Å². The molecule has 0 bridgehead atoms. The zero-order chi connectivity index (χ0) is 23.0. The predicted octanol–water partition coefficient (Wildman–Crippen LogP) is 4.48. The molecule has 2 aliphatic rings. The van der Waals surface area contributed by atoms with Gasteiger partial charge >= 0.3 is 6.09 Å². The van der Waals surface area contributed by atoms with Gasteiger partial charge in [-0.05, 0) is 43.7 Å². The van der Waals surface area contributed by atoms with E-state index in [4.69, 9.17) is 9.15 Å². The fraction of sp³-hybridized carbons (Fsp3) is 0.600. The number of carbonyl (C=O) groups is 3. The second-order valence-electron chi connectivity index (χ2n) is 9.12. The Morgan fingerprint density at radius 3 is 2.55 bits per heavy atom. The number of carbonyl (C=O) groups excluding carboxylic acids is 3. The largest absolute Gasteiger partial charge is 0.449 e. The molecule has 0 radical (unpaired) electrons. The summed E-state index contributed by atoms with van der Waals surface area (Å²) in [6, 6.07) is 6.57. The fourth-order valence-electron chi connectivity index (χ4n) is 4.83. The van der Waals surface area contributed by atoms with E-state index in [9.17, 15) is 14.4 Å². The summed E-state index contributed by atoms with van der Waals surface area (Å²) in [5.41, 5.74) is 1.16. The molecule has 2 heterocycles. The van der Waals surface area contributed by atoms with Crippen molar-refractivity contribution >= 4 is 28.9 Å². The standard InChI is InChI=1S/C25H33N3O5/c29-21(23-26-19-11-5-6-12-22(19)33-23)13-16-32-25(31)27-20(17-18-9-3-1-4-10-18)24(30)28-14-7-2-8-15-28/h5-6,11-12,18,20H,1-4,7-10,13-17H2,(H,27,31). The fourth-order valence-corrected chi connectivity index (χ4v) is 4.83. The summed E-state index contributed by atoms with van der Waals surface area (Å²) in [5.74, 6) is 0.108. The van der Waals surface area contributed by atoms with Crippen LogP contribution in [-0.4, -0.2) is 53.4 Å². The van der Waals surface area contributed by atoms with E-state index in [1.807, 2.05) is 17.0 Å². The van der Waals surface area contributed by atoms with E-state index in [1.54, 1.807) is 12.1 Å². The van der Waals surface area contributed by atoms with Crippen molar-refractivity contribution in [2.75, 3.05) is 19.7 Å². The third kappa shape index (κ3) is 6.33. The van der Waals surface area contributed by atoms with Gasteiger partial charge in [-0.3, -0.25) is 9.59 Å². The van der Waals surface area contributed by atoms with Crippen LogP contribution >= 0.6 is 0 Å². The lowest BCUT2D eigenvalue weighted by Crippen LogP contribution is -2.51. The number of Topliss-reactive ketones (excluding diaryl/α,β-unsaturated/α-hetero) is 1. The van der Waals surface area contributed by atoms with Gasteiger partial charge < -0.3 is 19.4 Å². The number of hydrogen-bond acceptors (Lipinski definition) is 6. The first-order chi connectivity index (χ1) is 16.1. The van der Waals surface area contributed by atoms with Gasteiger partial charge in [-0.25, -0.2) is 9.78 Å². The third-order valence-corrected chi connectivity index (χ3v) is 6.65. The number of aromatic nitrogens is 1. The molecule has 1 saturated heterocycles. The van der Waals surface area contributed by atoms with Gasteiger partial charge in [0.25, 0.3) is 5.89 Å². The van der Waals surface area contributed by atoms with Crippen LogP contribution in [0.3, 0.4) is 0 Å². The van der Waals surface area contributed by atoms with Crippen molar-refractivity contribution in [1.29, 1.82) is 0 Å². The smallest absolute Gasteiger partial charge is 0.407 e. The highest BCUT2D eigenvalue weighted by atomic mass is 16.5. The average molecular weight is 456 g/mol. The summed E-state index contributed by atoms with van der Waals surface area (Å²) < 4.78 is 10.7. The molecule has 1 aliphatic heterocycles. The van der Waals surface area contributed by atoms with Crippen LogP contribution in [0.4, 0.5) is 4.79 Å². The Bertz CT molecular complexity index is 927. The molecule has 1 aromatic heterocycles. The molecular formula is C25H33N3O5. The van der Waals surface area contributed by atoms with Crippen LogP contribution in [-0.2, 0) is 9.53 Å². The van der Waals surface area contributed by atoms with Crippen LogP contribution in [0.1, 0.15) is 74.9 Å². The van der Waals surface area contributed by atoms with Crippen molar-refractivity contribution in [3.05, 3.63) is 30.2 Å². The molecule has 2 amide bonds. The van der Waals surface area contributed by atoms with E-state index in [1.165, 1.54) is 19.3 Å². The lowest BCUT2D eigenvalue weighted by atomic mass is 9.84. The van der Waals surface area contributed by atoms with Gasteiger partial charge in [-0.2, -0.15) is 0 Å². The molecule has 2 aromatic rings. The van der Waals surface area contributed by atoms with Gasteiger partial charge in [0.2, 0.25) is 11.7 Å². The zero-order valence-electron chi connectivity index (χ0n) is 19.1. The van der Waals surface area contributed by atoms with Crippen molar-refractivity contribution in [1.82, 2.24) is 15.2 Å². The third-order valence-electron chi connectivity index (χ3n) is 6.65. The highest BCUT2D eigenvalue weighted by Gasteiger charge is 2.30. The van der Waals surface area contributed by atoms with E-state index in [0.29, 0.717) is 23.4 Å². The summed E-state index contributed by atoms with van der Waals surface area (Å²) in [4.78, 5) is 44.0. The number of oxazole rings is 1. The molecule has 1 aliphatic carbocycles. The Morgan fingerprint density at radius 1 is 1.06 bits per heavy atom. The van der Waals surface area contributed by atoms with Crippen LogP contribution in [0.5, 0.6) is 0 Å². The summed E-state index contributed by atoms with van der Waals surface area (Å²) in [6.45, 7) is 1.39. The first-order valence-electron chi connectivity index (χ1n) is 12.2. The number of para-hydroxylation sites is 2. The van der Waals surface area contributed by atoms with E-state index in [-0.39, 0.29) is 30.6 Å². The average Bonchev–Trinajstić information content (AvgIpc) is 3.29. The van der Waals surface area contributed by atoms with Crippen molar-refractivity contribution in [3.8, 4) is 0 Å². The second-order valence-corrected chi connectivity index (χ2v) is 9.12. The summed E-state index contributed by atoms with van der Waals surface area (Å²) >= 11 is 0. The number of likely N-dealkylation sites (tertiary alicyclic amines) is 1. The Hall–Kier alpha value is -2.90. The molecule has 1 aromatic carbocycles. The maximum Gasteiger partial charge on any atom is 0.407 e. The van der Waals surface area contributed by atoms with E-state index in [2.05, 4.69) is 10.3 Å². The van der Waals surface area contributed by atoms with E-state index >= 15 is 0 Å². The Balaban J connectivity index is 1.29. The molecule has 2 fully saturated rings. The number of ether oxygens (including phenoxy) is 1. The summed E-state index contributed by atoms with van der Waals surface area (Å²) in [6.07, 6.45) is 8.89. The number of piperidine rings is 1. The summed E-state index contributed by atoms with van der Waals surface area (Å²) in [5, 5.41) is 2.79. The quantitative estimate of drug-likeness (QED) is 0.589. The van der Waals surface area contributed by atoms with Crippen molar-refractivity contribution in [2.45, 2.75) is 70.3 Å². The SMILES string of the molecule is O=C(NC(CC1CCCCC1)C(=O)N1CCCCC1)OCCC(=O)c1nc2ccccc2o1. The second kappa shape index (κ2) is 11.3. The van der Waals surface area contributed by atoms with Gasteiger partial charge in [0.15, 0.2) is 5.58 Å². The molecule has 0 spiro atoms. The van der Waals surface area contributed by atoms with Crippen LogP contribution in [0.25, 0.3) is 11.1 Å². The van der Waals surface area contributed by atoms with Crippen LogP contribution < -0.4 is 5.32 Å². The topological polar surface area (TPSA) is 102 Å². The number of rotatable bonds is 8. The molecule has 4 rings (SSSR count). The van der Waals surface area contributed by atoms with Gasteiger partial charge in [0.05, 0.1) is 6.42 Å². The lowest BCUT2D eigenvalue weighted by molar-refractivity contribution is -0.134. The Labute approximate surface area is 194 Å². The summed E-state index contributed by atoms with van der Waals surface area (Å²) in [7, 11) is 0. The normalized spacial score (nSPS) is 18.1. The minimum Gasteiger partial charge on any atom is -0.449 e. The highest BCUT2D eigenvalue weighted by Crippen LogP contribution is 2.28. The molecular weight excluding hydrogens is 422 g/mol. The molecule has 8 heteroatoms. The molecule has 1 unspecified atom stereocenters. The monoisotopic (exact) mass is 455 g/mol. The van der Waals surface area contributed by atoms with Crippen LogP contribution in [0.15, 0.2) is 28.7 Å². The Morgan fingerprint density at radius 2 is 1.79 bits per heavy atom. The maximum atomic E-state index is 13.1. The first kappa shape index (κ1) is 23.3. The molecule has 178 valence electrons. The number of fused-ring (bicyclic) bond motifs is 1. The maximum absolute atomic E-state index is 13.1. The molecule has 1 N–H and O–H groups in total. The van der Waals surface area contributed by atoms with Crippen molar-refractivity contribution < 1.29 is 23.5 Å². The number of alkyl carbamates (subject to hydrolysis) is 1. The number of hydrogen-bond donors (Lipinski definition) is 1. The van der Waals surface area contributed by atoms with Crippen molar-refractivity contribution in [3.63, 3.8) is 0 Å². The molecule has 8 nitrogen and oxygen atoms in total. The Kier molecular flexibility index (Phi) is 7.96. The minimum atomic E-state index is -0.661. The van der Waals surface area contributed by atoms with Gasteiger partial charge in [-0.1, -0.05) is 44.2 Å². The number of nitrogens with one attached hydrogen (secondary N) is 1. The van der Waals surface area contributed by atoms with Crippen LogP contribution in [0.2, 0.25) is 0 Å². The molecule has 33 heavy (non-hydrogen) atoms. The number of ketones is 1. The molecule has 1 saturated carbocycles. The number of amides is 2. The van der Waals surface area contributed by atoms with Crippen LogP contribution in [0, 0.1) is 5.92 Å². The minimum absolute atomic E-state index is 0.00987. The highest BCUT2D eigenvalue weighted by molar-refractivity contribution is 5.94. The lowest BCUT2D eigenvalue weighted by Gasteiger charge is -2.32. The first-order valence-corrected chi connectivity index (χ1v) is 12.2. The molecule has 1 atom stereocenters. The predicted molar refractivity (Wildman–Crippen MR) is 123 cm³/mol. The van der Waals surface area contributed by atoms with Crippen molar-refractivity contribution in [2.24, 2.45) is 5.92 Å². The van der Waals surface area contributed by atoms with Gasteiger partial charge in [0.1, 0.15) is 18.2 Å². The van der Waals surface area contributed by atoms with Gasteiger partial charge in [-0.15, -0.1) is 0 Å². The van der Waals surface area contributed by atoms with Gasteiger partial charge in [0, 0.05) is 13.1 Å². The number of nitrogens with zero attached hydrogens (tertiary/aromatic N) is 2. The van der Waals surface area contributed by atoms with E-state index < -0.39 is 12.1 Å². The number of benzene rings is 1. The zero-order valence-corrected chi connectivity index (χ0v) is 19.1.